The lowest BCUT2D eigenvalue weighted by Crippen LogP contribution is -2.59. The fourth-order valence-corrected chi connectivity index (χ4v) is 4.99. The summed E-state index contributed by atoms with van der Waals surface area (Å²) >= 11 is 0. The maximum atomic E-state index is 12.7. The van der Waals surface area contributed by atoms with Crippen molar-refractivity contribution in [2.24, 2.45) is 29.6 Å². The van der Waals surface area contributed by atoms with Crippen LogP contribution in [0.15, 0.2) is 71.9 Å². The van der Waals surface area contributed by atoms with E-state index in [1.807, 2.05) is 56.4 Å². The first-order chi connectivity index (χ1) is 16.6. The molecular formula is C28H35NO6. The highest BCUT2D eigenvalue weighted by atomic mass is 16.4. The topological polar surface area (TPSA) is 124 Å². The van der Waals surface area contributed by atoms with Crippen LogP contribution in [0.3, 0.4) is 0 Å². The molecule has 1 fully saturated rings. The number of carbonyl (C=O) groups excluding carboxylic acids is 3. The number of hydrogen-bond donors (Lipinski definition) is 4. The van der Waals surface area contributed by atoms with Crippen molar-refractivity contribution in [1.82, 2.24) is 5.32 Å². The summed E-state index contributed by atoms with van der Waals surface area (Å²) in [5.41, 5.74) is 1.73. The van der Waals surface area contributed by atoms with E-state index < -0.39 is 35.9 Å². The van der Waals surface area contributed by atoms with E-state index in [-0.39, 0.29) is 35.9 Å². The van der Waals surface area contributed by atoms with E-state index in [1.165, 1.54) is 6.08 Å². The molecule has 7 heteroatoms. The standard InChI is InChI=1S/C28H35NO6/c1-16-9-10-19(30)14-23(31)29-15-17(2)7-5-4-6-8-18(3)20-11-12-21-24(22(20)13-16)26(33)28(35)27(34)25(21)32/h4-13,17,20-22,24,26-28,33-35H,14-15H2,1-3H3,(H,29,31)/b6-4+,7-5?,10-9+,16-13+,18-8+/t17-,20-,21-,22-,24-,26-,27-,28+/m1/s1. The van der Waals surface area contributed by atoms with Crippen LogP contribution in [0, 0.1) is 29.6 Å². The Labute approximate surface area is 206 Å². The van der Waals surface area contributed by atoms with Crippen LogP contribution < -0.4 is 5.32 Å². The van der Waals surface area contributed by atoms with Gasteiger partial charge >= 0.3 is 0 Å². The lowest BCUT2D eigenvalue weighted by atomic mass is 9.60. The third kappa shape index (κ3) is 6.42. The van der Waals surface area contributed by atoms with Gasteiger partial charge in [-0.05, 0) is 31.8 Å². The van der Waals surface area contributed by atoms with E-state index in [0.29, 0.717) is 6.54 Å². The number of allylic oxidation sites excluding steroid dienone is 11. The van der Waals surface area contributed by atoms with E-state index in [4.69, 9.17) is 0 Å². The number of rotatable bonds is 0. The molecule has 0 aromatic heterocycles. The summed E-state index contributed by atoms with van der Waals surface area (Å²) in [6, 6.07) is 0. The Kier molecular flexibility index (Phi) is 8.94. The summed E-state index contributed by atoms with van der Waals surface area (Å²) in [5, 5.41) is 34.1. The van der Waals surface area contributed by atoms with Gasteiger partial charge in [0.15, 0.2) is 11.6 Å². The van der Waals surface area contributed by atoms with Crippen LogP contribution in [0.1, 0.15) is 27.2 Å². The average molecular weight is 482 g/mol. The molecule has 8 atom stereocenters. The van der Waals surface area contributed by atoms with E-state index in [0.717, 1.165) is 11.1 Å². The van der Waals surface area contributed by atoms with Gasteiger partial charge < -0.3 is 20.6 Å². The second-order valence-corrected chi connectivity index (χ2v) is 9.77. The lowest BCUT2D eigenvalue weighted by Gasteiger charge is -2.46. The number of aliphatic hydroxyl groups excluding tert-OH is 3. The predicted molar refractivity (Wildman–Crippen MR) is 133 cm³/mol. The number of fused-ring (bicyclic) bond motifs is 3. The van der Waals surface area contributed by atoms with Gasteiger partial charge in [0.25, 0.3) is 0 Å². The Bertz CT molecular complexity index is 1020. The summed E-state index contributed by atoms with van der Waals surface area (Å²) in [5.74, 6) is -2.99. The summed E-state index contributed by atoms with van der Waals surface area (Å²) in [7, 11) is 0. The third-order valence-corrected chi connectivity index (χ3v) is 6.98. The molecule has 0 aromatic carbocycles. The minimum atomic E-state index is -1.63. The van der Waals surface area contributed by atoms with E-state index in [9.17, 15) is 29.7 Å². The molecule has 7 nitrogen and oxygen atoms in total. The predicted octanol–water partition coefficient (Wildman–Crippen LogP) is 1.97. The van der Waals surface area contributed by atoms with Crippen molar-refractivity contribution in [1.29, 1.82) is 0 Å². The number of carbonyl (C=O) groups is 3. The number of hydrogen-bond acceptors (Lipinski definition) is 6. The van der Waals surface area contributed by atoms with Crippen LogP contribution in [0.4, 0.5) is 0 Å². The van der Waals surface area contributed by atoms with Crippen molar-refractivity contribution in [2.45, 2.75) is 45.5 Å². The molecule has 0 bridgehead atoms. The molecule has 0 aromatic rings. The largest absolute Gasteiger partial charge is 0.390 e. The van der Waals surface area contributed by atoms with Crippen LogP contribution in [0.2, 0.25) is 0 Å². The summed E-state index contributed by atoms with van der Waals surface area (Å²) in [6.07, 6.45) is 13.4. The molecule has 0 saturated heterocycles. The minimum Gasteiger partial charge on any atom is -0.390 e. The van der Waals surface area contributed by atoms with Gasteiger partial charge in [0.1, 0.15) is 12.2 Å². The van der Waals surface area contributed by atoms with Crippen molar-refractivity contribution < 1.29 is 29.7 Å². The summed E-state index contributed by atoms with van der Waals surface area (Å²) in [4.78, 5) is 37.1. The number of ketones is 2. The highest BCUT2D eigenvalue weighted by molar-refractivity contribution is 6.03. The number of aliphatic hydroxyl groups is 3. The monoisotopic (exact) mass is 481 g/mol. The molecule has 1 saturated carbocycles. The fourth-order valence-electron chi connectivity index (χ4n) is 4.99. The molecule has 0 unspecified atom stereocenters. The molecule has 0 spiro atoms. The first-order valence-corrected chi connectivity index (χ1v) is 12.0. The van der Waals surface area contributed by atoms with Gasteiger partial charge in [-0.1, -0.05) is 72.8 Å². The van der Waals surface area contributed by atoms with Gasteiger partial charge in [-0.15, -0.1) is 0 Å². The first-order valence-electron chi connectivity index (χ1n) is 12.0. The minimum absolute atomic E-state index is 0.0954. The van der Waals surface area contributed by atoms with E-state index in [2.05, 4.69) is 5.32 Å². The quantitative estimate of drug-likeness (QED) is 0.310. The van der Waals surface area contributed by atoms with Crippen LogP contribution >= 0.6 is 0 Å². The lowest BCUT2D eigenvalue weighted by molar-refractivity contribution is -0.165. The van der Waals surface area contributed by atoms with Crippen molar-refractivity contribution >= 4 is 17.5 Å². The Morgan fingerprint density at radius 2 is 1.60 bits per heavy atom. The maximum absolute atomic E-state index is 12.7. The Morgan fingerprint density at radius 3 is 2.34 bits per heavy atom. The molecule has 0 radical (unpaired) electrons. The fraction of sp³-hybridized carbons (Fsp3) is 0.464. The highest BCUT2D eigenvalue weighted by Crippen LogP contribution is 2.45. The van der Waals surface area contributed by atoms with Crippen LogP contribution in [0.25, 0.3) is 0 Å². The van der Waals surface area contributed by atoms with Crippen molar-refractivity contribution in [3.8, 4) is 0 Å². The third-order valence-electron chi connectivity index (χ3n) is 6.98. The SMILES string of the molecule is CC1=C\[C@H]2[C@@H]3[C@@H](O)[C@H](O)[C@H](O)C(=O)[C@@H]3C=C[C@@H]2/C(C)=C/C=C/C=C[C@@H](C)CNC(=O)CC(=O)\C=C\1. The van der Waals surface area contributed by atoms with Crippen molar-refractivity contribution in [2.75, 3.05) is 6.54 Å². The molecule has 3 rings (SSSR count). The molecular weight excluding hydrogens is 446 g/mol. The Morgan fingerprint density at radius 1 is 0.886 bits per heavy atom. The average Bonchev–Trinajstić information content (AvgIpc) is 2.82. The van der Waals surface area contributed by atoms with Crippen molar-refractivity contribution in [3.63, 3.8) is 0 Å². The zero-order chi connectivity index (χ0) is 25.7. The van der Waals surface area contributed by atoms with Crippen molar-refractivity contribution in [3.05, 3.63) is 71.9 Å². The number of amides is 1. The van der Waals surface area contributed by atoms with Crippen LogP contribution in [-0.4, -0.2) is 57.6 Å². The van der Waals surface area contributed by atoms with Gasteiger partial charge in [-0.25, -0.2) is 0 Å². The molecule has 35 heavy (non-hydrogen) atoms. The second-order valence-electron chi connectivity index (χ2n) is 9.77. The van der Waals surface area contributed by atoms with Gasteiger partial charge in [-0.3, -0.25) is 14.4 Å². The Balaban J connectivity index is 2.03. The zero-order valence-corrected chi connectivity index (χ0v) is 20.4. The first kappa shape index (κ1) is 26.7. The van der Waals surface area contributed by atoms with Crippen LogP contribution in [0.5, 0.6) is 0 Å². The van der Waals surface area contributed by atoms with Gasteiger partial charge in [0, 0.05) is 24.3 Å². The molecule has 1 heterocycles. The molecule has 188 valence electrons. The van der Waals surface area contributed by atoms with E-state index in [1.54, 1.807) is 19.1 Å². The molecule has 4 N–H and O–H groups in total. The molecule has 1 amide bonds. The van der Waals surface area contributed by atoms with E-state index >= 15 is 0 Å². The Hall–Kier alpha value is -2.87. The highest BCUT2D eigenvalue weighted by Gasteiger charge is 2.52. The number of nitrogens with one attached hydrogen (secondary N) is 1. The summed E-state index contributed by atoms with van der Waals surface area (Å²) < 4.78 is 0. The smallest absolute Gasteiger partial charge is 0.227 e. The van der Waals surface area contributed by atoms with Gasteiger partial charge in [0.2, 0.25) is 5.91 Å². The number of Topliss-reactive ketones (excluding diaryl/α,β-unsaturated/α-hetero) is 1. The van der Waals surface area contributed by atoms with Crippen LogP contribution in [-0.2, 0) is 14.4 Å². The molecule has 1 aliphatic heterocycles. The van der Waals surface area contributed by atoms with Gasteiger partial charge in [-0.2, -0.15) is 0 Å². The normalized spacial score (nSPS) is 41.7. The van der Waals surface area contributed by atoms with Gasteiger partial charge in [0.05, 0.1) is 12.5 Å². The summed E-state index contributed by atoms with van der Waals surface area (Å²) in [6.45, 7) is 6.18. The maximum Gasteiger partial charge on any atom is 0.227 e. The zero-order valence-electron chi connectivity index (χ0n) is 20.4. The molecule has 3 aliphatic rings. The molecule has 2 aliphatic carbocycles. The second kappa shape index (κ2) is 11.7.